The summed E-state index contributed by atoms with van der Waals surface area (Å²) in [6, 6.07) is 0.323. The van der Waals surface area contributed by atoms with Crippen molar-refractivity contribution < 1.29 is 4.79 Å². The van der Waals surface area contributed by atoms with Crippen LogP contribution in [0, 0.1) is 0 Å². The van der Waals surface area contributed by atoms with E-state index in [9.17, 15) is 4.79 Å². The molecule has 1 aromatic rings. The van der Waals surface area contributed by atoms with Crippen molar-refractivity contribution in [3.63, 3.8) is 0 Å². The zero-order valence-electron chi connectivity index (χ0n) is 12.3. The van der Waals surface area contributed by atoms with Crippen LogP contribution in [0.5, 0.6) is 0 Å². The van der Waals surface area contributed by atoms with Crippen molar-refractivity contribution in [1.29, 1.82) is 0 Å². The smallest absolute Gasteiger partial charge is 0.274 e. The fourth-order valence-electron chi connectivity index (χ4n) is 3.14. The average molecular weight is 277 g/mol. The topological polar surface area (TPSA) is 53.4 Å². The molecule has 0 saturated carbocycles. The van der Waals surface area contributed by atoms with Crippen molar-refractivity contribution in [3.05, 3.63) is 11.9 Å². The fourth-order valence-corrected chi connectivity index (χ4v) is 3.14. The molecular weight excluding hydrogens is 254 g/mol. The summed E-state index contributed by atoms with van der Waals surface area (Å²) in [5.41, 5.74) is 0.583. The first-order valence-electron chi connectivity index (χ1n) is 7.42. The number of aromatic nitrogens is 2. The average Bonchev–Trinajstić information content (AvgIpc) is 3.03. The number of fused-ring (bicyclic) bond motifs is 1. The van der Waals surface area contributed by atoms with Crippen molar-refractivity contribution in [2.45, 2.75) is 31.8 Å². The van der Waals surface area contributed by atoms with Gasteiger partial charge in [0.05, 0.1) is 0 Å². The van der Waals surface area contributed by atoms with Crippen molar-refractivity contribution in [2.24, 2.45) is 0 Å². The predicted octanol–water partition coefficient (Wildman–Crippen LogP) is 0.865. The first kappa shape index (κ1) is 13.4. The van der Waals surface area contributed by atoms with Crippen LogP contribution < -0.4 is 5.32 Å². The Hall–Kier alpha value is -1.56. The Kier molecular flexibility index (Phi) is 3.65. The maximum Gasteiger partial charge on any atom is 0.274 e. The molecule has 6 heteroatoms. The summed E-state index contributed by atoms with van der Waals surface area (Å²) in [5.74, 6) is 0.918. The lowest BCUT2D eigenvalue weighted by molar-refractivity contribution is 0.0711. The van der Waals surface area contributed by atoms with Gasteiger partial charge in [-0.05, 0) is 33.4 Å². The summed E-state index contributed by atoms with van der Waals surface area (Å²) in [6.45, 7) is 3.67. The van der Waals surface area contributed by atoms with Crippen molar-refractivity contribution in [1.82, 2.24) is 19.4 Å². The third-order valence-electron chi connectivity index (χ3n) is 4.07. The molecule has 0 bridgehead atoms. The maximum absolute atomic E-state index is 12.7. The van der Waals surface area contributed by atoms with Gasteiger partial charge in [0, 0.05) is 38.4 Å². The number of anilines is 1. The third kappa shape index (κ3) is 2.52. The number of hydrogen-bond acceptors (Lipinski definition) is 4. The summed E-state index contributed by atoms with van der Waals surface area (Å²) in [7, 11) is 4.11. The van der Waals surface area contributed by atoms with Gasteiger partial charge in [-0.15, -0.1) is 0 Å². The number of amides is 1. The second kappa shape index (κ2) is 5.44. The summed E-state index contributed by atoms with van der Waals surface area (Å²) < 4.78 is 2.05. The number of carbonyl (C=O) groups excluding carboxylic acids is 1. The minimum atomic E-state index is 0.0815. The largest absolute Gasteiger partial charge is 0.356 e. The molecule has 1 aromatic heterocycles. The van der Waals surface area contributed by atoms with Gasteiger partial charge in [-0.1, -0.05) is 0 Å². The molecule has 1 unspecified atom stereocenters. The summed E-state index contributed by atoms with van der Waals surface area (Å²) in [5, 5.41) is 3.24. The molecule has 2 aliphatic rings. The molecule has 0 spiro atoms. The van der Waals surface area contributed by atoms with Crippen LogP contribution in [0.15, 0.2) is 6.20 Å². The van der Waals surface area contributed by atoms with Gasteiger partial charge in [0.25, 0.3) is 5.91 Å². The minimum absolute atomic E-state index is 0.0815. The molecule has 1 fully saturated rings. The van der Waals surface area contributed by atoms with Crippen LogP contribution in [-0.2, 0) is 6.54 Å². The molecule has 6 nitrogen and oxygen atoms in total. The molecule has 1 atom stereocenters. The highest BCUT2D eigenvalue weighted by Crippen LogP contribution is 2.22. The standard InChI is InChI=1S/C14H23N5O/c1-17(2)9-11-5-3-8-19(11)13(20)12-10-18-7-4-6-15-14(18)16-12/h10-11H,3-9H2,1-2H3,(H,15,16). The number of likely N-dealkylation sites (N-methyl/N-ethyl adjacent to an activating group) is 1. The van der Waals surface area contributed by atoms with Gasteiger partial charge < -0.3 is 19.7 Å². The molecule has 110 valence electrons. The molecule has 0 aromatic carbocycles. The van der Waals surface area contributed by atoms with E-state index < -0.39 is 0 Å². The molecule has 1 N–H and O–H groups in total. The van der Waals surface area contributed by atoms with E-state index in [-0.39, 0.29) is 5.91 Å². The van der Waals surface area contributed by atoms with Crippen molar-refractivity contribution in [3.8, 4) is 0 Å². The Bertz CT molecular complexity index is 472. The molecule has 3 heterocycles. The lowest BCUT2D eigenvalue weighted by atomic mass is 10.2. The second-order valence-corrected chi connectivity index (χ2v) is 5.98. The number of nitrogens with zero attached hydrogens (tertiary/aromatic N) is 4. The van der Waals surface area contributed by atoms with Crippen LogP contribution in [0.25, 0.3) is 0 Å². The van der Waals surface area contributed by atoms with E-state index >= 15 is 0 Å². The van der Waals surface area contributed by atoms with Crippen LogP contribution in [0.4, 0.5) is 5.95 Å². The van der Waals surface area contributed by atoms with Gasteiger partial charge in [-0.3, -0.25) is 4.79 Å². The van der Waals surface area contributed by atoms with Crippen molar-refractivity contribution >= 4 is 11.9 Å². The Balaban J connectivity index is 1.76. The highest BCUT2D eigenvalue weighted by Gasteiger charge is 2.31. The van der Waals surface area contributed by atoms with Crippen LogP contribution in [-0.4, -0.2) is 65.0 Å². The zero-order chi connectivity index (χ0) is 14.1. The molecular formula is C14H23N5O. The third-order valence-corrected chi connectivity index (χ3v) is 4.07. The van der Waals surface area contributed by atoms with Gasteiger partial charge in [0.1, 0.15) is 5.69 Å². The van der Waals surface area contributed by atoms with Gasteiger partial charge in [-0.2, -0.15) is 0 Å². The number of nitrogens with one attached hydrogen (secondary N) is 1. The normalized spacial score (nSPS) is 21.9. The van der Waals surface area contributed by atoms with Crippen LogP contribution in [0.2, 0.25) is 0 Å². The van der Waals surface area contributed by atoms with E-state index in [1.165, 1.54) is 0 Å². The summed E-state index contributed by atoms with van der Waals surface area (Å²) in [4.78, 5) is 21.3. The number of likely N-dealkylation sites (tertiary alicyclic amines) is 1. The number of carbonyl (C=O) groups is 1. The molecule has 0 radical (unpaired) electrons. The van der Waals surface area contributed by atoms with E-state index in [4.69, 9.17) is 0 Å². The Labute approximate surface area is 119 Å². The van der Waals surface area contributed by atoms with E-state index in [1.54, 1.807) is 0 Å². The fraction of sp³-hybridized carbons (Fsp3) is 0.714. The molecule has 0 aliphatic carbocycles. The van der Waals surface area contributed by atoms with E-state index in [1.807, 2.05) is 15.7 Å². The quantitative estimate of drug-likeness (QED) is 0.890. The Morgan fingerprint density at radius 1 is 1.45 bits per heavy atom. The summed E-state index contributed by atoms with van der Waals surface area (Å²) >= 11 is 0. The molecule has 20 heavy (non-hydrogen) atoms. The molecule has 1 saturated heterocycles. The van der Waals surface area contributed by atoms with E-state index in [2.05, 4.69) is 29.3 Å². The van der Waals surface area contributed by atoms with Gasteiger partial charge in [0.2, 0.25) is 5.95 Å². The van der Waals surface area contributed by atoms with Gasteiger partial charge in [-0.25, -0.2) is 4.98 Å². The number of aryl methyl sites for hydroxylation is 1. The molecule has 3 rings (SSSR count). The minimum Gasteiger partial charge on any atom is -0.356 e. The monoisotopic (exact) mass is 277 g/mol. The predicted molar refractivity (Wildman–Crippen MR) is 77.9 cm³/mol. The Morgan fingerprint density at radius 2 is 2.30 bits per heavy atom. The van der Waals surface area contributed by atoms with Crippen molar-refractivity contribution in [2.75, 3.05) is 39.0 Å². The van der Waals surface area contributed by atoms with Crippen LogP contribution >= 0.6 is 0 Å². The highest BCUT2D eigenvalue weighted by atomic mass is 16.2. The number of rotatable bonds is 3. The lowest BCUT2D eigenvalue weighted by Crippen LogP contribution is -2.41. The molecule has 1 amide bonds. The number of hydrogen-bond donors (Lipinski definition) is 1. The summed E-state index contributed by atoms with van der Waals surface area (Å²) in [6.07, 6.45) is 5.17. The Morgan fingerprint density at radius 3 is 3.05 bits per heavy atom. The van der Waals surface area contributed by atoms with Gasteiger partial charge in [0.15, 0.2) is 0 Å². The maximum atomic E-state index is 12.7. The first-order valence-corrected chi connectivity index (χ1v) is 7.42. The van der Waals surface area contributed by atoms with E-state index in [0.717, 1.165) is 51.4 Å². The number of imidazole rings is 1. The van der Waals surface area contributed by atoms with Crippen LogP contribution in [0.1, 0.15) is 29.8 Å². The lowest BCUT2D eigenvalue weighted by Gasteiger charge is -2.26. The van der Waals surface area contributed by atoms with Crippen LogP contribution in [0.3, 0.4) is 0 Å². The SMILES string of the molecule is CN(C)CC1CCCN1C(=O)c1cn2c(n1)NCCC2. The molecule has 2 aliphatic heterocycles. The zero-order valence-corrected chi connectivity index (χ0v) is 12.3. The highest BCUT2D eigenvalue weighted by molar-refractivity contribution is 5.93. The van der Waals surface area contributed by atoms with E-state index in [0.29, 0.717) is 11.7 Å². The first-order chi connectivity index (χ1) is 9.65. The second-order valence-electron chi connectivity index (χ2n) is 5.98. The van der Waals surface area contributed by atoms with Gasteiger partial charge >= 0.3 is 0 Å².